The number of nitrogens with zero attached hydrogens (tertiary/aromatic N) is 1. The Labute approximate surface area is 157 Å². The number of nitro benzene ring substituents is 1. The summed E-state index contributed by atoms with van der Waals surface area (Å²) in [5, 5.41) is 10.8. The normalized spacial score (nSPS) is 12.5. The maximum absolute atomic E-state index is 12.9. The minimum absolute atomic E-state index is 0.0254. The van der Waals surface area contributed by atoms with Crippen molar-refractivity contribution in [2.24, 2.45) is 0 Å². The molecule has 0 heterocycles. The number of hydrogen-bond donors (Lipinski definition) is 1. The van der Waals surface area contributed by atoms with E-state index in [0.29, 0.717) is 0 Å². The van der Waals surface area contributed by atoms with Gasteiger partial charge in [0.1, 0.15) is 0 Å². The molecular weight excluding hydrogens is 364 g/mol. The molecule has 0 fully saturated rings. The van der Waals surface area contributed by atoms with E-state index in [9.17, 15) is 18.5 Å². The predicted molar refractivity (Wildman–Crippen MR) is 103 cm³/mol. The summed E-state index contributed by atoms with van der Waals surface area (Å²) in [6, 6.07) is 21.1. The summed E-state index contributed by atoms with van der Waals surface area (Å²) in [5.74, 6) is 0. The standard InChI is InChI=1S/C20H18N2O4S/c1-15-7-5-6-10-19(15)20(16-8-3-2-4-9-16)21-27(25,26)18-13-11-17(12-14-18)22(23)24/h2-14,20-21H,1H3/t20-/m0/s1. The van der Waals surface area contributed by atoms with Crippen LogP contribution in [0.1, 0.15) is 22.7 Å². The third kappa shape index (κ3) is 4.21. The van der Waals surface area contributed by atoms with E-state index in [1.807, 2.05) is 61.5 Å². The predicted octanol–water partition coefficient (Wildman–Crippen LogP) is 3.97. The zero-order valence-electron chi connectivity index (χ0n) is 14.6. The first kappa shape index (κ1) is 18.8. The van der Waals surface area contributed by atoms with Gasteiger partial charge in [0.25, 0.3) is 5.69 Å². The van der Waals surface area contributed by atoms with E-state index in [0.717, 1.165) is 16.7 Å². The van der Waals surface area contributed by atoms with Gasteiger partial charge >= 0.3 is 0 Å². The van der Waals surface area contributed by atoms with E-state index >= 15 is 0 Å². The molecule has 6 nitrogen and oxygen atoms in total. The highest BCUT2D eigenvalue weighted by atomic mass is 32.2. The fraction of sp³-hybridized carbons (Fsp3) is 0.100. The van der Waals surface area contributed by atoms with Gasteiger partial charge in [-0.3, -0.25) is 10.1 Å². The van der Waals surface area contributed by atoms with Gasteiger partial charge < -0.3 is 0 Å². The number of aryl methyl sites for hydroxylation is 1. The summed E-state index contributed by atoms with van der Waals surface area (Å²) in [6.45, 7) is 1.92. The topological polar surface area (TPSA) is 89.3 Å². The molecule has 3 aromatic carbocycles. The Kier molecular flexibility index (Phi) is 5.34. The number of nitro groups is 1. The SMILES string of the molecule is Cc1ccccc1[C@@H](NS(=O)(=O)c1ccc([N+](=O)[O-])cc1)c1ccccc1. The van der Waals surface area contributed by atoms with Crippen molar-refractivity contribution in [1.82, 2.24) is 4.72 Å². The fourth-order valence-electron chi connectivity index (χ4n) is 2.84. The van der Waals surface area contributed by atoms with Crippen LogP contribution in [0.5, 0.6) is 0 Å². The summed E-state index contributed by atoms with van der Waals surface area (Å²) in [4.78, 5) is 10.2. The quantitative estimate of drug-likeness (QED) is 0.516. The second-order valence-corrected chi connectivity index (χ2v) is 7.79. The van der Waals surface area contributed by atoms with Crippen molar-refractivity contribution in [2.45, 2.75) is 17.9 Å². The van der Waals surface area contributed by atoms with Crippen LogP contribution in [0.4, 0.5) is 5.69 Å². The van der Waals surface area contributed by atoms with Gasteiger partial charge in [0.05, 0.1) is 15.9 Å². The van der Waals surface area contributed by atoms with Crippen LogP contribution < -0.4 is 4.72 Å². The Morgan fingerprint density at radius 2 is 1.48 bits per heavy atom. The van der Waals surface area contributed by atoms with Crippen LogP contribution in [0.15, 0.2) is 83.8 Å². The molecule has 0 spiro atoms. The van der Waals surface area contributed by atoms with E-state index in [1.54, 1.807) is 0 Å². The molecule has 1 N–H and O–H groups in total. The average Bonchev–Trinajstić information content (AvgIpc) is 2.67. The van der Waals surface area contributed by atoms with Crippen LogP contribution >= 0.6 is 0 Å². The van der Waals surface area contributed by atoms with Crippen molar-refractivity contribution in [1.29, 1.82) is 0 Å². The second-order valence-electron chi connectivity index (χ2n) is 6.07. The van der Waals surface area contributed by atoms with Crippen molar-refractivity contribution in [3.63, 3.8) is 0 Å². The Morgan fingerprint density at radius 3 is 2.07 bits per heavy atom. The number of benzene rings is 3. The Hall–Kier alpha value is -3.03. The maximum atomic E-state index is 12.9. The largest absolute Gasteiger partial charge is 0.269 e. The van der Waals surface area contributed by atoms with Gasteiger partial charge in [-0.15, -0.1) is 0 Å². The van der Waals surface area contributed by atoms with Crippen LogP contribution in [-0.2, 0) is 10.0 Å². The van der Waals surface area contributed by atoms with Crippen LogP contribution in [0.2, 0.25) is 0 Å². The molecule has 0 bridgehead atoms. The number of non-ortho nitro benzene ring substituents is 1. The molecular formula is C20H18N2O4S. The van der Waals surface area contributed by atoms with Crippen molar-refractivity contribution < 1.29 is 13.3 Å². The molecule has 0 aliphatic rings. The molecule has 138 valence electrons. The van der Waals surface area contributed by atoms with Gasteiger partial charge in [-0.05, 0) is 35.7 Å². The monoisotopic (exact) mass is 382 g/mol. The molecule has 0 aliphatic heterocycles. The molecule has 0 amide bonds. The molecule has 27 heavy (non-hydrogen) atoms. The van der Waals surface area contributed by atoms with E-state index in [4.69, 9.17) is 0 Å². The van der Waals surface area contributed by atoms with Crippen molar-refractivity contribution in [2.75, 3.05) is 0 Å². The Bertz CT molecular complexity index is 1050. The smallest absolute Gasteiger partial charge is 0.258 e. The second kappa shape index (κ2) is 7.69. The number of sulfonamides is 1. The third-order valence-electron chi connectivity index (χ3n) is 4.26. The number of rotatable bonds is 6. The maximum Gasteiger partial charge on any atom is 0.269 e. The molecule has 0 aliphatic carbocycles. The minimum Gasteiger partial charge on any atom is -0.258 e. The average molecular weight is 382 g/mol. The zero-order valence-corrected chi connectivity index (χ0v) is 15.4. The van der Waals surface area contributed by atoms with Crippen molar-refractivity contribution >= 4 is 15.7 Å². The van der Waals surface area contributed by atoms with E-state index in [2.05, 4.69) is 4.72 Å². The van der Waals surface area contributed by atoms with Gasteiger partial charge in [0, 0.05) is 12.1 Å². The Balaban J connectivity index is 2.01. The summed E-state index contributed by atoms with van der Waals surface area (Å²) in [7, 11) is -3.89. The van der Waals surface area contributed by atoms with E-state index in [1.165, 1.54) is 24.3 Å². The molecule has 1 atom stereocenters. The lowest BCUT2D eigenvalue weighted by molar-refractivity contribution is -0.384. The highest BCUT2D eigenvalue weighted by Crippen LogP contribution is 2.27. The third-order valence-corrected chi connectivity index (χ3v) is 5.70. The van der Waals surface area contributed by atoms with Gasteiger partial charge in [-0.1, -0.05) is 54.6 Å². The molecule has 3 aromatic rings. The van der Waals surface area contributed by atoms with Gasteiger partial charge in [0.15, 0.2) is 0 Å². The van der Waals surface area contributed by atoms with Crippen LogP contribution in [0.25, 0.3) is 0 Å². The van der Waals surface area contributed by atoms with Crippen LogP contribution in [0.3, 0.4) is 0 Å². The van der Waals surface area contributed by atoms with Crippen LogP contribution in [0, 0.1) is 17.0 Å². The minimum atomic E-state index is -3.89. The van der Waals surface area contributed by atoms with E-state index in [-0.39, 0.29) is 10.6 Å². The first-order chi connectivity index (χ1) is 12.9. The van der Waals surface area contributed by atoms with Crippen molar-refractivity contribution in [3.05, 3.63) is 106 Å². The number of nitrogens with one attached hydrogen (secondary N) is 1. The molecule has 0 radical (unpaired) electrons. The highest BCUT2D eigenvalue weighted by molar-refractivity contribution is 7.89. The molecule has 0 saturated heterocycles. The van der Waals surface area contributed by atoms with Crippen LogP contribution in [-0.4, -0.2) is 13.3 Å². The summed E-state index contributed by atoms with van der Waals surface area (Å²) >= 11 is 0. The first-order valence-electron chi connectivity index (χ1n) is 8.26. The highest BCUT2D eigenvalue weighted by Gasteiger charge is 2.24. The number of hydrogen-bond acceptors (Lipinski definition) is 4. The fourth-order valence-corrected chi connectivity index (χ4v) is 4.04. The van der Waals surface area contributed by atoms with Gasteiger partial charge in [-0.25, -0.2) is 8.42 Å². The Morgan fingerprint density at radius 1 is 0.889 bits per heavy atom. The molecule has 0 aromatic heterocycles. The van der Waals surface area contributed by atoms with Gasteiger partial charge in [-0.2, -0.15) is 4.72 Å². The zero-order chi connectivity index (χ0) is 19.4. The molecule has 0 saturated carbocycles. The van der Waals surface area contributed by atoms with Crippen molar-refractivity contribution in [3.8, 4) is 0 Å². The summed E-state index contributed by atoms with van der Waals surface area (Å²) in [6.07, 6.45) is 0. The van der Waals surface area contributed by atoms with Gasteiger partial charge in [0.2, 0.25) is 10.0 Å². The summed E-state index contributed by atoms with van der Waals surface area (Å²) < 4.78 is 28.5. The lowest BCUT2D eigenvalue weighted by Crippen LogP contribution is -2.30. The van der Waals surface area contributed by atoms with E-state index < -0.39 is 21.0 Å². The lowest BCUT2D eigenvalue weighted by atomic mass is 9.96. The molecule has 3 rings (SSSR count). The lowest BCUT2D eigenvalue weighted by Gasteiger charge is -2.21. The molecule has 0 unspecified atom stereocenters. The summed E-state index contributed by atoms with van der Waals surface area (Å²) in [5.41, 5.74) is 2.44. The first-order valence-corrected chi connectivity index (χ1v) is 9.74. The molecule has 7 heteroatoms.